The minimum absolute atomic E-state index is 0.156. The molecular formula is C24H20F4N4O2. The number of rotatable bonds is 4. The van der Waals surface area contributed by atoms with E-state index in [9.17, 15) is 27.2 Å². The summed E-state index contributed by atoms with van der Waals surface area (Å²) in [7, 11) is 0. The largest absolute Gasteiger partial charge is 0.355 e. The fourth-order valence-corrected chi connectivity index (χ4v) is 3.72. The summed E-state index contributed by atoms with van der Waals surface area (Å²) in [5, 5.41) is 2.54. The molecule has 1 aliphatic heterocycles. The molecule has 2 heterocycles. The summed E-state index contributed by atoms with van der Waals surface area (Å²) in [4.78, 5) is 32.7. The quantitative estimate of drug-likeness (QED) is 0.577. The van der Waals surface area contributed by atoms with Gasteiger partial charge in [-0.3, -0.25) is 9.59 Å². The van der Waals surface area contributed by atoms with Gasteiger partial charge >= 0.3 is 0 Å². The van der Waals surface area contributed by atoms with Crippen molar-refractivity contribution in [3.63, 3.8) is 0 Å². The Morgan fingerprint density at radius 1 is 0.824 bits per heavy atom. The first-order valence-electron chi connectivity index (χ1n) is 10.5. The van der Waals surface area contributed by atoms with E-state index in [0.29, 0.717) is 56.2 Å². The van der Waals surface area contributed by atoms with Crippen LogP contribution in [0.4, 0.5) is 29.1 Å². The molecule has 0 spiro atoms. The summed E-state index contributed by atoms with van der Waals surface area (Å²) < 4.78 is 53.8. The Bertz CT molecular complexity index is 1200. The first-order chi connectivity index (χ1) is 16.3. The van der Waals surface area contributed by atoms with Crippen LogP contribution in [-0.2, 0) is 0 Å². The lowest BCUT2D eigenvalue weighted by Gasteiger charge is -2.23. The maximum absolute atomic E-state index is 14.0. The molecule has 0 radical (unpaired) electrons. The van der Waals surface area contributed by atoms with E-state index >= 15 is 0 Å². The Labute approximate surface area is 192 Å². The van der Waals surface area contributed by atoms with Gasteiger partial charge in [-0.25, -0.2) is 22.5 Å². The highest BCUT2D eigenvalue weighted by molar-refractivity contribution is 6.04. The van der Waals surface area contributed by atoms with Crippen LogP contribution in [0.5, 0.6) is 0 Å². The zero-order valence-electron chi connectivity index (χ0n) is 17.9. The van der Waals surface area contributed by atoms with Crippen LogP contribution in [0.25, 0.3) is 0 Å². The predicted molar refractivity (Wildman–Crippen MR) is 118 cm³/mol. The maximum atomic E-state index is 14.0. The third-order valence-corrected chi connectivity index (χ3v) is 5.40. The van der Waals surface area contributed by atoms with Crippen LogP contribution >= 0.6 is 0 Å². The summed E-state index contributed by atoms with van der Waals surface area (Å²) in [5.74, 6) is -3.92. The standard InChI is InChI=1S/C24H20F4N4O2/c25-16-2-4-20(21(28)13-16)24(34)32-7-1-6-31(8-9-32)22-5-3-19(14-29-22)30-23(33)15-10-17(26)12-18(27)11-15/h2-5,10-14H,1,6-9H2,(H,30,33). The summed E-state index contributed by atoms with van der Waals surface area (Å²) in [6.07, 6.45) is 2.03. The van der Waals surface area contributed by atoms with Crippen molar-refractivity contribution in [3.8, 4) is 0 Å². The third-order valence-electron chi connectivity index (χ3n) is 5.40. The Balaban J connectivity index is 1.38. The summed E-state index contributed by atoms with van der Waals surface area (Å²) in [6, 6.07) is 8.71. The minimum Gasteiger partial charge on any atom is -0.355 e. The second-order valence-electron chi connectivity index (χ2n) is 7.77. The topological polar surface area (TPSA) is 65.5 Å². The van der Waals surface area contributed by atoms with Crippen LogP contribution in [0.15, 0.2) is 54.7 Å². The molecule has 4 rings (SSSR count). The number of halogens is 4. The highest BCUT2D eigenvalue weighted by atomic mass is 19.1. The van der Waals surface area contributed by atoms with Crippen LogP contribution in [0, 0.1) is 23.3 Å². The second-order valence-corrected chi connectivity index (χ2v) is 7.77. The highest BCUT2D eigenvalue weighted by Crippen LogP contribution is 2.19. The van der Waals surface area contributed by atoms with Gasteiger partial charge in [0.2, 0.25) is 0 Å². The second kappa shape index (κ2) is 9.90. The van der Waals surface area contributed by atoms with E-state index in [2.05, 4.69) is 10.3 Å². The molecule has 0 bridgehead atoms. The van der Waals surface area contributed by atoms with Gasteiger partial charge in [-0.1, -0.05) is 0 Å². The van der Waals surface area contributed by atoms with Crippen LogP contribution in [0.3, 0.4) is 0 Å². The zero-order chi connectivity index (χ0) is 24.2. The molecule has 3 aromatic rings. The number of nitrogens with one attached hydrogen (secondary N) is 1. The molecule has 176 valence electrons. The van der Waals surface area contributed by atoms with E-state index < -0.39 is 35.1 Å². The summed E-state index contributed by atoms with van der Waals surface area (Å²) in [6.45, 7) is 1.76. The Hall–Kier alpha value is -3.95. The van der Waals surface area contributed by atoms with Gasteiger partial charge < -0.3 is 15.1 Å². The Morgan fingerprint density at radius 3 is 2.26 bits per heavy atom. The number of hydrogen-bond donors (Lipinski definition) is 1. The molecule has 34 heavy (non-hydrogen) atoms. The molecule has 1 N–H and O–H groups in total. The van der Waals surface area contributed by atoms with Gasteiger partial charge in [-0.2, -0.15) is 0 Å². The third kappa shape index (κ3) is 5.33. The number of hydrogen-bond acceptors (Lipinski definition) is 4. The number of nitrogens with zero attached hydrogens (tertiary/aromatic N) is 3. The van der Waals surface area contributed by atoms with Gasteiger partial charge in [0.15, 0.2) is 0 Å². The molecule has 0 unspecified atom stereocenters. The van der Waals surface area contributed by atoms with Crippen molar-refractivity contribution in [1.82, 2.24) is 9.88 Å². The first kappa shape index (κ1) is 23.2. The van der Waals surface area contributed by atoms with Gasteiger partial charge in [0.1, 0.15) is 29.1 Å². The molecule has 0 atom stereocenters. The van der Waals surface area contributed by atoms with Crippen molar-refractivity contribution in [2.75, 3.05) is 36.4 Å². The van der Waals surface area contributed by atoms with Crippen LogP contribution < -0.4 is 10.2 Å². The molecular weight excluding hydrogens is 452 g/mol. The lowest BCUT2D eigenvalue weighted by atomic mass is 10.1. The fraction of sp³-hybridized carbons (Fsp3) is 0.208. The number of aromatic nitrogens is 1. The molecule has 6 nitrogen and oxygen atoms in total. The predicted octanol–water partition coefficient (Wildman–Crippen LogP) is 4.24. The molecule has 1 aliphatic rings. The normalized spacial score (nSPS) is 14.0. The van der Waals surface area contributed by atoms with Crippen LogP contribution in [-0.4, -0.2) is 47.9 Å². The lowest BCUT2D eigenvalue weighted by molar-refractivity contribution is 0.0762. The summed E-state index contributed by atoms with van der Waals surface area (Å²) in [5.41, 5.74) is 0.0134. The smallest absolute Gasteiger partial charge is 0.256 e. The van der Waals surface area contributed by atoms with E-state index in [4.69, 9.17) is 0 Å². The maximum Gasteiger partial charge on any atom is 0.256 e. The Kier molecular flexibility index (Phi) is 6.76. The highest BCUT2D eigenvalue weighted by Gasteiger charge is 2.23. The molecule has 1 fully saturated rings. The number of carbonyl (C=O) groups excluding carboxylic acids is 2. The van der Waals surface area contributed by atoms with Crippen molar-refractivity contribution in [1.29, 1.82) is 0 Å². The van der Waals surface area contributed by atoms with E-state index in [1.54, 1.807) is 12.1 Å². The van der Waals surface area contributed by atoms with Gasteiger partial charge in [-0.05, 0) is 42.8 Å². The van der Waals surface area contributed by atoms with Crippen LogP contribution in [0.2, 0.25) is 0 Å². The lowest BCUT2D eigenvalue weighted by Crippen LogP contribution is -2.35. The van der Waals surface area contributed by atoms with E-state index in [1.165, 1.54) is 11.1 Å². The first-order valence-corrected chi connectivity index (χ1v) is 10.5. The van der Waals surface area contributed by atoms with Crippen molar-refractivity contribution in [3.05, 3.63) is 89.1 Å². The van der Waals surface area contributed by atoms with Gasteiger partial charge in [0.05, 0.1) is 17.4 Å². The molecule has 0 aliphatic carbocycles. The monoisotopic (exact) mass is 472 g/mol. The SMILES string of the molecule is O=C(Nc1ccc(N2CCCN(C(=O)c3ccc(F)cc3F)CC2)nc1)c1cc(F)cc(F)c1. The Morgan fingerprint density at radius 2 is 1.59 bits per heavy atom. The van der Waals surface area contributed by atoms with E-state index in [-0.39, 0.29) is 11.1 Å². The van der Waals surface area contributed by atoms with Gasteiger partial charge in [-0.15, -0.1) is 0 Å². The molecule has 2 aromatic carbocycles. The van der Waals surface area contributed by atoms with Gasteiger partial charge in [0, 0.05) is 43.9 Å². The molecule has 10 heteroatoms. The van der Waals surface area contributed by atoms with Crippen molar-refractivity contribution in [2.24, 2.45) is 0 Å². The van der Waals surface area contributed by atoms with Crippen molar-refractivity contribution < 1.29 is 27.2 Å². The molecule has 1 aromatic heterocycles. The van der Waals surface area contributed by atoms with Crippen LogP contribution in [0.1, 0.15) is 27.1 Å². The van der Waals surface area contributed by atoms with Crippen molar-refractivity contribution >= 4 is 23.3 Å². The number of amides is 2. The molecule has 2 amide bonds. The molecule has 0 saturated carbocycles. The molecule has 1 saturated heterocycles. The average Bonchev–Trinajstić information content (AvgIpc) is 3.05. The minimum atomic E-state index is -0.897. The number of pyridine rings is 1. The number of benzene rings is 2. The fourth-order valence-electron chi connectivity index (χ4n) is 3.72. The van der Waals surface area contributed by atoms with Gasteiger partial charge in [0.25, 0.3) is 11.8 Å². The average molecular weight is 472 g/mol. The van der Waals surface area contributed by atoms with Crippen molar-refractivity contribution in [2.45, 2.75) is 6.42 Å². The summed E-state index contributed by atoms with van der Waals surface area (Å²) >= 11 is 0. The van der Waals surface area contributed by atoms with E-state index in [0.717, 1.165) is 24.3 Å². The number of anilines is 2. The zero-order valence-corrected chi connectivity index (χ0v) is 17.9. The number of carbonyl (C=O) groups is 2. The van der Waals surface area contributed by atoms with E-state index in [1.807, 2.05) is 4.90 Å².